The van der Waals surface area contributed by atoms with E-state index in [4.69, 9.17) is 27.9 Å². The summed E-state index contributed by atoms with van der Waals surface area (Å²) in [5, 5.41) is 0.439. The van der Waals surface area contributed by atoms with Crippen molar-refractivity contribution < 1.29 is 26.4 Å². The number of halogens is 2. The third kappa shape index (κ3) is 4.22. The molecule has 0 spiro atoms. The summed E-state index contributed by atoms with van der Waals surface area (Å²) in [6.45, 7) is 3.02. The van der Waals surface area contributed by atoms with Crippen molar-refractivity contribution >= 4 is 60.5 Å². The van der Waals surface area contributed by atoms with Crippen LogP contribution >= 0.6 is 23.2 Å². The third-order valence-electron chi connectivity index (χ3n) is 4.37. The Morgan fingerprint density at radius 1 is 1.10 bits per heavy atom. The molecule has 2 aromatic carbocycles. The second-order valence-corrected chi connectivity index (χ2v) is 11.6. The molecule has 1 aliphatic heterocycles. The van der Waals surface area contributed by atoms with Crippen LogP contribution in [0.4, 0.5) is 11.4 Å². The number of amides is 1. The van der Waals surface area contributed by atoms with Crippen molar-refractivity contribution in [1.82, 2.24) is 0 Å². The molecule has 0 saturated carbocycles. The van der Waals surface area contributed by atoms with Crippen molar-refractivity contribution in [2.45, 2.75) is 18.7 Å². The quantitative estimate of drug-likeness (QED) is 0.683. The minimum atomic E-state index is -4.25. The Labute approximate surface area is 184 Å². The van der Waals surface area contributed by atoms with E-state index in [1.807, 2.05) is 0 Å². The number of carbonyl (C=O) groups excluding carboxylic acids is 1. The highest BCUT2D eigenvalue weighted by atomic mass is 35.5. The monoisotopic (exact) mass is 492 g/mol. The summed E-state index contributed by atoms with van der Waals surface area (Å²) in [5.41, 5.74) is -1.13. The maximum absolute atomic E-state index is 13.0. The molecular formula is C18H18Cl2N2O6S2. The zero-order valence-corrected chi connectivity index (χ0v) is 19.3. The summed E-state index contributed by atoms with van der Waals surface area (Å²) in [6, 6.07) is 7.82. The van der Waals surface area contributed by atoms with Crippen molar-refractivity contribution in [3.8, 4) is 5.75 Å². The number of hydrogen-bond donors (Lipinski definition) is 1. The number of sulfonamides is 2. The normalized spacial score (nSPS) is 17.8. The lowest BCUT2D eigenvalue weighted by atomic mass is 9.95. The summed E-state index contributed by atoms with van der Waals surface area (Å²) in [4.78, 5) is 12.3. The van der Waals surface area contributed by atoms with Crippen LogP contribution in [0.2, 0.25) is 10.0 Å². The average Bonchev–Trinajstić information content (AvgIpc) is 2.75. The second kappa shape index (κ2) is 7.60. The first-order valence-corrected chi connectivity index (χ1v) is 12.4. The largest absolute Gasteiger partial charge is 0.495 e. The summed E-state index contributed by atoms with van der Waals surface area (Å²) in [5.74, 6) is -1.07. The fourth-order valence-corrected chi connectivity index (χ4v) is 6.94. The van der Waals surface area contributed by atoms with Crippen molar-refractivity contribution in [3.63, 3.8) is 0 Å². The summed E-state index contributed by atoms with van der Waals surface area (Å²) < 4.78 is 59.2. The van der Waals surface area contributed by atoms with Gasteiger partial charge in [0, 0.05) is 10.0 Å². The second-order valence-electron chi connectivity index (χ2n) is 7.31. The van der Waals surface area contributed by atoms with Gasteiger partial charge in [0.25, 0.3) is 10.0 Å². The van der Waals surface area contributed by atoms with E-state index in [1.54, 1.807) is 0 Å². The van der Waals surface area contributed by atoms with Crippen LogP contribution in [0.3, 0.4) is 0 Å². The van der Waals surface area contributed by atoms with E-state index in [0.29, 0.717) is 4.31 Å². The first kappa shape index (κ1) is 22.7. The molecular weight excluding hydrogens is 475 g/mol. The predicted molar refractivity (Wildman–Crippen MR) is 115 cm³/mol. The predicted octanol–water partition coefficient (Wildman–Crippen LogP) is 3.51. The Morgan fingerprint density at radius 2 is 1.70 bits per heavy atom. The Morgan fingerprint density at radius 3 is 2.20 bits per heavy atom. The number of rotatable bonds is 5. The molecule has 0 aromatic heterocycles. The number of methoxy groups -OCH3 is 1. The van der Waals surface area contributed by atoms with Gasteiger partial charge in [-0.25, -0.2) is 21.1 Å². The number of nitrogens with zero attached hydrogens (tertiary/aromatic N) is 1. The number of benzene rings is 2. The summed E-state index contributed by atoms with van der Waals surface area (Å²) in [7, 11) is -6.94. The zero-order valence-electron chi connectivity index (χ0n) is 16.1. The van der Waals surface area contributed by atoms with E-state index in [-0.39, 0.29) is 37.8 Å². The Kier molecular flexibility index (Phi) is 5.74. The van der Waals surface area contributed by atoms with Crippen LogP contribution in [0.25, 0.3) is 0 Å². The van der Waals surface area contributed by atoms with Gasteiger partial charge in [-0.15, -0.1) is 0 Å². The smallest absolute Gasteiger partial charge is 0.265 e. The molecule has 1 heterocycles. The lowest BCUT2D eigenvalue weighted by Crippen LogP contribution is -2.33. The number of carbonyl (C=O) groups is 1. The van der Waals surface area contributed by atoms with E-state index in [1.165, 1.54) is 51.3 Å². The van der Waals surface area contributed by atoms with Crippen LogP contribution in [0.15, 0.2) is 41.3 Å². The molecule has 0 atom stereocenters. The maximum atomic E-state index is 13.0. The fourth-order valence-electron chi connectivity index (χ4n) is 3.09. The molecule has 8 nitrogen and oxygen atoms in total. The van der Waals surface area contributed by atoms with Crippen LogP contribution in [0, 0.1) is 5.41 Å². The van der Waals surface area contributed by atoms with E-state index < -0.39 is 31.4 Å². The molecule has 0 aliphatic carbocycles. The third-order valence-corrected chi connectivity index (χ3v) is 8.23. The van der Waals surface area contributed by atoms with Crippen LogP contribution < -0.4 is 13.8 Å². The highest BCUT2D eigenvalue weighted by Crippen LogP contribution is 2.38. The molecule has 1 N–H and O–H groups in total. The minimum Gasteiger partial charge on any atom is -0.495 e. The average molecular weight is 493 g/mol. The van der Waals surface area contributed by atoms with Gasteiger partial charge in [-0.05, 0) is 50.2 Å². The molecule has 1 saturated heterocycles. The van der Waals surface area contributed by atoms with Crippen LogP contribution in [0.1, 0.15) is 13.8 Å². The van der Waals surface area contributed by atoms with Gasteiger partial charge in [0.1, 0.15) is 10.6 Å². The molecule has 162 valence electrons. The molecule has 1 aliphatic rings. The topological polar surface area (TPSA) is 110 Å². The van der Waals surface area contributed by atoms with Gasteiger partial charge >= 0.3 is 0 Å². The molecule has 0 unspecified atom stereocenters. The molecule has 1 amide bonds. The minimum absolute atomic E-state index is 0.0392. The molecule has 12 heteroatoms. The molecule has 1 fully saturated rings. The first-order valence-electron chi connectivity index (χ1n) is 8.51. The number of anilines is 2. The van der Waals surface area contributed by atoms with Gasteiger partial charge in [0.15, 0.2) is 0 Å². The van der Waals surface area contributed by atoms with E-state index in [0.717, 1.165) is 6.07 Å². The van der Waals surface area contributed by atoms with Crippen molar-refractivity contribution in [3.05, 3.63) is 46.4 Å². The Bertz CT molecular complexity index is 1220. The molecule has 0 bridgehead atoms. The van der Waals surface area contributed by atoms with E-state index >= 15 is 0 Å². The molecule has 0 radical (unpaired) electrons. The standard InChI is InChI=1S/C18H18Cl2N2O6S2/c1-18(2)10-29(24,25)22(17(18)23)14-4-5-15(28-3)16(9-14)30(26,27)21-13-7-11(19)6-12(20)8-13/h4-9,21H,10H2,1-3H3. The van der Waals surface area contributed by atoms with E-state index in [9.17, 15) is 21.6 Å². The number of ether oxygens (including phenoxy) is 1. The van der Waals surface area contributed by atoms with Crippen molar-refractivity contribution in [1.29, 1.82) is 0 Å². The van der Waals surface area contributed by atoms with Gasteiger partial charge in [-0.3, -0.25) is 9.52 Å². The molecule has 3 rings (SSSR count). The van der Waals surface area contributed by atoms with Crippen LogP contribution in [-0.4, -0.2) is 35.6 Å². The maximum Gasteiger partial charge on any atom is 0.265 e. The molecule has 30 heavy (non-hydrogen) atoms. The number of hydrogen-bond acceptors (Lipinski definition) is 6. The lowest BCUT2D eigenvalue weighted by molar-refractivity contribution is -0.123. The fraction of sp³-hybridized carbons (Fsp3) is 0.278. The SMILES string of the molecule is COc1ccc(N2C(=O)C(C)(C)CS2(=O)=O)cc1S(=O)(=O)Nc1cc(Cl)cc(Cl)c1. The van der Waals surface area contributed by atoms with E-state index in [2.05, 4.69) is 4.72 Å². The van der Waals surface area contributed by atoms with Crippen molar-refractivity contribution in [2.24, 2.45) is 5.41 Å². The van der Waals surface area contributed by atoms with Crippen LogP contribution in [0.5, 0.6) is 5.75 Å². The van der Waals surface area contributed by atoms with Gasteiger partial charge in [0.2, 0.25) is 15.9 Å². The molecule has 2 aromatic rings. The lowest BCUT2D eigenvalue weighted by Gasteiger charge is -2.19. The number of nitrogens with one attached hydrogen (secondary N) is 1. The van der Waals surface area contributed by atoms with Gasteiger partial charge in [0.05, 0.1) is 29.7 Å². The Hall–Kier alpha value is -2.01. The Balaban J connectivity index is 2.10. The highest BCUT2D eigenvalue weighted by Gasteiger charge is 2.50. The van der Waals surface area contributed by atoms with Crippen molar-refractivity contribution in [2.75, 3.05) is 21.9 Å². The van der Waals surface area contributed by atoms with Gasteiger partial charge < -0.3 is 4.74 Å². The first-order chi connectivity index (χ1) is 13.8. The van der Waals surface area contributed by atoms with Gasteiger partial charge in [-0.2, -0.15) is 0 Å². The highest BCUT2D eigenvalue weighted by molar-refractivity contribution is 7.94. The summed E-state index contributed by atoms with van der Waals surface area (Å²) >= 11 is 11.8. The zero-order chi connectivity index (χ0) is 22.5. The summed E-state index contributed by atoms with van der Waals surface area (Å²) in [6.07, 6.45) is 0. The van der Waals surface area contributed by atoms with Gasteiger partial charge in [-0.1, -0.05) is 23.2 Å². The van der Waals surface area contributed by atoms with Crippen LogP contribution in [-0.2, 0) is 24.8 Å².